The molecule has 0 bridgehead atoms. The summed E-state index contributed by atoms with van der Waals surface area (Å²) in [5.74, 6) is 1.54. The van der Waals surface area contributed by atoms with Crippen molar-refractivity contribution in [3.63, 3.8) is 0 Å². The maximum absolute atomic E-state index is 12.4. The molecule has 2 heterocycles. The van der Waals surface area contributed by atoms with Crippen molar-refractivity contribution >= 4 is 39.9 Å². The Bertz CT molecular complexity index is 994. The summed E-state index contributed by atoms with van der Waals surface area (Å²) in [6.07, 6.45) is 0.590. The maximum Gasteiger partial charge on any atom is 0.249 e. The molecule has 1 atom stereocenters. The Hall–Kier alpha value is -3.15. The van der Waals surface area contributed by atoms with Gasteiger partial charge in [0.15, 0.2) is 5.94 Å². The molecule has 1 fully saturated rings. The molecule has 7 heteroatoms. The minimum Gasteiger partial charge on any atom is -0.326 e. The molecule has 0 saturated carbocycles. The van der Waals surface area contributed by atoms with Crippen LogP contribution < -0.4 is 20.9 Å². The standard InChI is InChI=1S/C19H18N4O3/c1-22-17(10-24)23(15-7-8-16(25)21-19(15)26)14-6-5-12-11(9-20)3-2-4-13(12)18(14)22/h2-6,15H,7-9,20H2,1H3,(H,21,25,26). The molecular weight excluding hydrogens is 332 g/mol. The van der Waals surface area contributed by atoms with Crippen molar-refractivity contribution in [1.82, 2.24) is 5.32 Å². The van der Waals surface area contributed by atoms with E-state index in [1.165, 1.54) is 0 Å². The number of imide groups is 1. The average molecular weight is 350 g/mol. The summed E-state index contributed by atoms with van der Waals surface area (Å²) in [7, 11) is 1.78. The summed E-state index contributed by atoms with van der Waals surface area (Å²) in [6, 6.07) is 9.09. The summed E-state index contributed by atoms with van der Waals surface area (Å²) in [5.41, 5.74) is 8.44. The molecule has 7 nitrogen and oxygen atoms in total. The van der Waals surface area contributed by atoms with Crippen LogP contribution in [-0.2, 0) is 20.9 Å². The van der Waals surface area contributed by atoms with Gasteiger partial charge in [-0.25, -0.2) is 4.79 Å². The molecule has 1 unspecified atom stereocenters. The van der Waals surface area contributed by atoms with E-state index in [4.69, 9.17) is 5.73 Å². The van der Waals surface area contributed by atoms with E-state index in [1.807, 2.05) is 36.3 Å². The van der Waals surface area contributed by atoms with E-state index in [1.54, 1.807) is 16.8 Å². The summed E-state index contributed by atoms with van der Waals surface area (Å²) >= 11 is 0. The van der Waals surface area contributed by atoms with Crippen LogP contribution in [0.25, 0.3) is 10.8 Å². The third kappa shape index (κ3) is 2.22. The molecule has 2 amide bonds. The highest BCUT2D eigenvalue weighted by Gasteiger charge is 2.41. The van der Waals surface area contributed by atoms with Crippen LogP contribution in [0, 0.1) is 0 Å². The molecule has 1 saturated heterocycles. The number of carbonyl (C=O) groups is 2. The average Bonchev–Trinajstić information content (AvgIpc) is 2.93. The van der Waals surface area contributed by atoms with Gasteiger partial charge < -0.3 is 15.5 Å². The monoisotopic (exact) mass is 350 g/mol. The van der Waals surface area contributed by atoms with Gasteiger partial charge in [0.2, 0.25) is 17.6 Å². The van der Waals surface area contributed by atoms with Crippen molar-refractivity contribution in [3.8, 4) is 0 Å². The number of piperidine rings is 1. The number of hydrogen-bond acceptors (Lipinski definition) is 6. The van der Waals surface area contributed by atoms with Gasteiger partial charge in [-0.05, 0) is 23.4 Å². The Balaban J connectivity index is 1.92. The lowest BCUT2D eigenvalue weighted by Crippen LogP contribution is -2.52. The van der Waals surface area contributed by atoms with Crippen molar-refractivity contribution in [1.29, 1.82) is 0 Å². The van der Waals surface area contributed by atoms with E-state index in [2.05, 4.69) is 5.32 Å². The van der Waals surface area contributed by atoms with E-state index in [0.29, 0.717) is 13.0 Å². The third-order valence-electron chi connectivity index (χ3n) is 5.08. The molecule has 132 valence electrons. The normalized spacial score (nSPS) is 19.6. The Morgan fingerprint density at radius 2 is 2.04 bits per heavy atom. The fourth-order valence-corrected chi connectivity index (χ4v) is 3.86. The van der Waals surface area contributed by atoms with Crippen LogP contribution in [0.15, 0.2) is 36.2 Å². The highest BCUT2D eigenvalue weighted by Crippen LogP contribution is 2.46. The largest absolute Gasteiger partial charge is 0.326 e. The Kier molecular flexibility index (Phi) is 3.76. The second-order valence-electron chi connectivity index (χ2n) is 6.47. The summed E-state index contributed by atoms with van der Waals surface area (Å²) in [5, 5.41) is 4.32. The second-order valence-corrected chi connectivity index (χ2v) is 6.47. The number of nitrogens with two attached hydrogens (primary N) is 1. The second kappa shape index (κ2) is 5.98. The SMILES string of the molecule is CN1C(=C=O)N(C2CCC(=O)NC2=O)c2ccc3c(CN)cccc3c21. The molecule has 0 spiro atoms. The number of hydrogen-bond donors (Lipinski definition) is 2. The molecular formula is C19H18N4O3. The van der Waals surface area contributed by atoms with Crippen molar-refractivity contribution in [3.05, 3.63) is 41.7 Å². The van der Waals surface area contributed by atoms with Crippen molar-refractivity contribution in [2.24, 2.45) is 5.73 Å². The first-order valence-corrected chi connectivity index (χ1v) is 8.43. The lowest BCUT2D eigenvalue weighted by molar-refractivity contribution is -0.134. The number of anilines is 2. The minimum atomic E-state index is -0.622. The zero-order valence-electron chi connectivity index (χ0n) is 14.3. The number of benzene rings is 2. The summed E-state index contributed by atoms with van der Waals surface area (Å²) < 4.78 is 0. The molecule has 0 radical (unpaired) electrons. The Morgan fingerprint density at radius 1 is 1.23 bits per heavy atom. The van der Waals surface area contributed by atoms with Crippen molar-refractivity contribution < 1.29 is 14.4 Å². The quantitative estimate of drug-likeness (QED) is 0.620. The van der Waals surface area contributed by atoms with Crippen LogP contribution in [0.3, 0.4) is 0 Å². The molecule has 2 aliphatic heterocycles. The van der Waals surface area contributed by atoms with Gasteiger partial charge in [-0.1, -0.05) is 24.3 Å². The van der Waals surface area contributed by atoms with Crippen LogP contribution in [-0.4, -0.2) is 30.8 Å². The number of nitrogens with one attached hydrogen (secondary N) is 1. The van der Waals surface area contributed by atoms with E-state index >= 15 is 0 Å². The first kappa shape index (κ1) is 16.3. The number of nitrogens with zero attached hydrogens (tertiary/aromatic N) is 2. The highest BCUT2D eigenvalue weighted by molar-refractivity contribution is 6.09. The molecule has 3 N–H and O–H groups in total. The van der Waals surface area contributed by atoms with E-state index < -0.39 is 11.9 Å². The maximum atomic E-state index is 12.4. The Morgan fingerprint density at radius 3 is 2.73 bits per heavy atom. The van der Waals surface area contributed by atoms with E-state index in [-0.39, 0.29) is 18.1 Å². The van der Waals surface area contributed by atoms with Crippen LogP contribution >= 0.6 is 0 Å². The predicted molar refractivity (Wildman–Crippen MR) is 98.1 cm³/mol. The van der Waals surface area contributed by atoms with Crippen LogP contribution in [0.2, 0.25) is 0 Å². The van der Waals surface area contributed by atoms with E-state index in [0.717, 1.165) is 27.7 Å². The van der Waals surface area contributed by atoms with Gasteiger partial charge in [0.25, 0.3) is 0 Å². The zero-order chi connectivity index (χ0) is 18.4. The van der Waals surface area contributed by atoms with Gasteiger partial charge in [0.05, 0.1) is 11.4 Å². The van der Waals surface area contributed by atoms with Crippen molar-refractivity contribution in [2.75, 3.05) is 16.8 Å². The predicted octanol–water partition coefficient (Wildman–Crippen LogP) is 1.03. The van der Waals surface area contributed by atoms with Crippen LogP contribution in [0.5, 0.6) is 0 Å². The fourth-order valence-electron chi connectivity index (χ4n) is 3.86. The van der Waals surface area contributed by atoms with Gasteiger partial charge in [0, 0.05) is 25.4 Å². The molecule has 26 heavy (non-hydrogen) atoms. The number of amides is 2. The van der Waals surface area contributed by atoms with Gasteiger partial charge in [0.1, 0.15) is 6.04 Å². The first-order valence-electron chi connectivity index (χ1n) is 8.43. The summed E-state index contributed by atoms with van der Waals surface area (Å²) in [4.78, 5) is 39.0. The third-order valence-corrected chi connectivity index (χ3v) is 5.08. The minimum absolute atomic E-state index is 0.239. The lowest BCUT2D eigenvalue weighted by Gasteiger charge is -2.31. The molecule has 0 aliphatic carbocycles. The molecule has 2 aromatic carbocycles. The van der Waals surface area contributed by atoms with Gasteiger partial charge in [-0.2, -0.15) is 0 Å². The van der Waals surface area contributed by atoms with E-state index in [9.17, 15) is 14.4 Å². The topological polar surface area (TPSA) is 95.7 Å². The van der Waals surface area contributed by atoms with Gasteiger partial charge >= 0.3 is 0 Å². The smallest absolute Gasteiger partial charge is 0.249 e. The number of fused-ring (bicyclic) bond motifs is 3. The number of carbonyl (C=O) groups excluding carboxylic acids is 3. The van der Waals surface area contributed by atoms with Crippen molar-refractivity contribution in [2.45, 2.75) is 25.4 Å². The molecule has 4 rings (SSSR count). The van der Waals surface area contributed by atoms with Crippen LogP contribution in [0.1, 0.15) is 18.4 Å². The van der Waals surface area contributed by atoms with Gasteiger partial charge in [-0.15, -0.1) is 0 Å². The lowest BCUT2D eigenvalue weighted by atomic mass is 10.0. The highest BCUT2D eigenvalue weighted by atomic mass is 16.2. The summed E-state index contributed by atoms with van der Waals surface area (Å²) in [6.45, 7) is 0.410. The Labute approximate surface area is 150 Å². The number of rotatable bonds is 2. The van der Waals surface area contributed by atoms with Crippen LogP contribution in [0.4, 0.5) is 11.4 Å². The molecule has 2 aliphatic rings. The fraction of sp³-hybridized carbons (Fsp3) is 0.263. The van der Waals surface area contributed by atoms with Gasteiger partial charge in [-0.3, -0.25) is 14.9 Å². The first-order chi connectivity index (χ1) is 12.6. The molecule has 2 aromatic rings. The zero-order valence-corrected chi connectivity index (χ0v) is 14.3. The molecule has 0 aromatic heterocycles.